The zero-order valence-corrected chi connectivity index (χ0v) is 11.7. The normalized spacial score (nSPS) is 16.8. The SMILES string of the molecule is Cc1cccc(CNC(=O)C2CCc3ccccc32)c1. The first kappa shape index (κ1) is 12.9. The Balaban J connectivity index is 1.66. The molecule has 0 aromatic heterocycles. The monoisotopic (exact) mass is 265 g/mol. The summed E-state index contributed by atoms with van der Waals surface area (Å²) in [5, 5.41) is 3.07. The third-order valence-electron chi connectivity index (χ3n) is 4.00. The molecule has 0 aliphatic heterocycles. The largest absolute Gasteiger partial charge is 0.351 e. The lowest BCUT2D eigenvalue weighted by atomic mass is 10.0. The summed E-state index contributed by atoms with van der Waals surface area (Å²) in [7, 11) is 0. The molecule has 0 heterocycles. The first-order chi connectivity index (χ1) is 9.74. The minimum atomic E-state index is 0.0241. The van der Waals surface area contributed by atoms with E-state index in [1.165, 1.54) is 16.7 Å². The van der Waals surface area contributed by atoms with E-state index in [2.05, 4.69) is 42.6 Å². The van der Waals surface area contributed by atoms with Crippen LogP contribution in [0.3, 0.4) is 0 Å². The molecule has 1 aliphatic rings. The van der Waals surface area contributed by atoms with Crippen molar-refractivity contribution in [3.05, 3.63) is 70.8 Å². The van der Waals surface area contributed by atoms with Crippen molar-refractivity contribution in [2.45, 2.75) is 32.2 Å². The number of nitrogens with one attached hydrogen (secondary N) is 1. The molecule has 2 heteroatoms. The third-order valence-corrected chi connectivity index (χ3v) is 4.00. The van der Waals surface area contributed by atoms with E-state index in [9.17, 15) is 4.79 Å². The van der Waals surface area contributed by atoms with Gasteiger partial charge in [0, 0.05) is 6.54 Å². The number of hydrogen-bond donors (Lipinski definition) is 1. The highest BCUT2D eigenvalue weighted by Gasteiger charge is 2.27. The zero-order valence-electron chi connectivity index (χ0n) is 11.7. The molecule has 0 saturated heterocycles. The summed E-state index contributed by atoms with van der Waals surface area (Å²) < 4.78 is 0. The van der Waals surface area contributed by atoms with E-state index in [1.54, 1.807) is 0 Å². The number of fused-ring (bicyclic) bond motifs is 1. The first-order valence-electron chi connectivity index (χ1n) is 7.15. The Labute approximate surface area is 119 Å². The predicted octanol–water partition coefficient (Wildman–Crippen LogP) is 3.34. The maximum atomic E-state index is 12.4. The molecule has 1 amide bonds. The molecule has 0 radical (unpaired) electrons. The number of rotatable bonds is 3. The van der Waals surface area contributed by atoms with Crippen molar-refractivity contribution in [1.82, 2.24) is 5.32 Å². The van der Waals surface area contributed by atoms with Gasteiger partial charge in [-0.2, -0.15) is 0 Å². The summed E-state index contributed by atoms with van der Waals surface area (Å²) in [6.07, 6.45) is 1.94. The van der Waals surface area contributed by atoms with Crippen LogP contribution in [0.5, 0.6) is 0 Å². The fraction of sp³-hybridized carbons (Fsp3) is 0.278. The molecule has 0 saturated carbocycles. The van der Waals surface area contributed by atoms with Gasteiger partial charge < -0.3 is 5.32 Å². The van der Waals surface area contributed by atoms with Gasteiger partial charge in [-0.05, 0) is 36.5 Å². The van der Waals surface area contributed by atoms with Gasteiger partial charge in [0.05, 0.1) is 5.92 Å². The molecule has 1 N–H and O–H groups in total. The molecule has 0 spiro atoms. The van der Waals surface area contributed by atoms with E-state index in [-0.39, 0.29) is 11.8 Å². The van der Waals surface area contributed by atoms with Gasteiger partial charge in [0.1, 0.15) is 0 Å². The molecule has 2 aromatic carbocycles. The Morgan fingerprint density at radius 2 is 2.05 bits per heavy atom. The van der Waals surface area contributed by atoms with E-state index in [0.29, 0.717) is 6.54 Å². The molecule has 0 bridgehead atoms. The van der Waals surface area contributed by atoms with Crippen LogP contribution in [-0.2, 0) is 17.8 Å². The molecule has 1 unspecified atom stereocenters. The number of carbonyl (C=O) groups excluding carboxylic acids is 1. The van der Waals surface area contributed by atoms with Gasteiger partial charge in [0.25, 0.3) is 0 Å². The van der Waals surface area contributed by atoms with Gasteiger partial charge in [0.15, 0.2) is 0 Å². The van der Waals surface area contributed by atoms with Crippen molar-refractivity contribution in [2.75, 3.05) is 0 Å². The number of hydrogen-bond acceptors (Lipinski definition) is 1. The Hall–Kier alpha value is -2.09. The van der Waals surface area contributed by atoms with Gasteiger partial charge in [-0.15, -0.1) is 0 Å². The molecule has 3 rings (SSSR count). The van der Waals surface area contributed by atoms with E-state index in [1.807, 2.05) is 18.2 Å². The Kier molecular flexibility index (Phi) is 3.55. The molecule has 1 atom stereocenters. The summed E-state index contributed by atoms with van der Waals surface area (Å²) in [4.78, 5) is 12.4. The summed E-state index contributed by atoms with van der Waals surface area (Å²) >= 11 is 0. The predicted molar refractivity (Wildman–Crippen MR) is 80.5 cm³/mol. The highest BCUT2D eigenvalue weighted by molar-refractivity contribution is 5.84. The van der Waals surface area contributed by atoms with Crippen LogP contribution < -0.4 is 5.32 Å². The highest BCUT2D eigenvalue weighted by atomic mass is 16.1. The summed E-state index contributed by atoms with van der Waals surface area (Å²) in [5.74, 6) is 0.174. The van der Waals surface area contributed by atoms with Gasteiger partial charge in [-0.1, -0.05) is 54.1 Å². The van der Waals surface area contributed by atoms with Gasteiger partial charge in [-0.25, -0.2) is 0 Å². The second-order valence-electron chi connectivity index (χ2n) is 5.50. The molecule has 20 heavy (non-hydrogen) atoms. The number of amides is 1. The Morgan fingerprint density at radius 1 is 1.20 bits per heavy atom. The average Bonchev–Trinajstić information content (AvgIpc) is 2.89. The zero-order chi connectivity index (χ0) is 13.9. The van der Waals surface area contributed by atoms with Crippen molar-refractivity contribution >= 4 is 5.91 Å². The van der Waals surface area contributed by atoms with Crippen molar-refractivity contribution in [3.8, 4) is 0 Å². The van der Waals surface area contributed by atoms with Crippen molar-refractivity contribution in [1.29, 1.82) is 0 Å². The molecule has 102 valence electrons. The Bertz CT molecular complexity index is 633. The molecular weight excluding hydrogens is 246 g/mol. The third kappa shape index (κ3) is 2.60. The smallest absolute Gasteiger partial charge is 0.227 e. The van der Waals surface area contributed by atoms with E-state index < -0.39 is 0 Å². The first-order valence-corrected chi connectivity index (χ1v) is 7.15. The second-order valence-corrected chi connectivity index (χ2v) is 5.50. The van der Waals surface area contributed by atoms with Crippen LogP contribution in [0.25, 0.3) is 0 Å². The van der Waals surface area contributed by atoms with Crippen LogP contribution in [-0.4, -0.2) is 5.91 Å². The topological polar surface area (TPSA) is 29.1 Å². The van der Waals surface area contributed by atoms with Crippen LogP contribution in [0.15, 0.2) is 48.5 Å². The van der Waals surface area contributed by atoms with E-state index in [4.69, 9.17) is 0 Å². The molecular formula is C18H19NO. The maximum Gasteiger partial charge on any atom is 0.227 e. The average molecular weight is 265 g/mol. The molecule has 2 aromatic rings. The van der Waals surface area contributed by atoms with Crippen LogP contribution in [0, 0.1) is 6.92 Å². The minimum Gasteiger partial charge on any atom is -0.351 e. The van der Waals surface area contributed by atoms with E-state index >= 15 is 0 Å². The minimum absolute atomic E-state index is 0.0241. The molecule has 0 fully saturated rings. The fourth-order valence-corrected chi connectivity index (χ4v) is 2.96. The Morgan fingerprint density at radius 3 is 2.90 bits per heavy atom. The lowest BCUT2D eigenvalue weighted by molar-refractivity contribution is -0.122. The number of carbonyl (C=O) groups is 1. The van der Waals surface area contributed by atoms with Crippen LogP contribution in [0.4, 0.5) is 0 Å². The maximum absolute atomic E-state index is 12.4. The number of aryl methyl sites for hydroxylation is 2. The van der Waals surface area contributed by atoms with Crippen LogP contribution in [0.2, 0.25) is 0 Å². The second kappa shape index (κ2) is 5.49. The van der Waals surface area contributed by atoms with Crippen LogP contribution >= 0.6 is 0 Å². The summed E-state index contributed by atoms with van der Waals surface area (Å²) in [6.45, 7) is 2.68. The fourth-order valence-electron chi connectivity index (χ4n) is 2.96. The van der Waals surface area contributed by atoms with Gasteiger partial charge in [0.2, 0.25) is 5.91 Å². The molecule has 2 nitrogen and oxygen atoms in total. The summed E-state index contributed by atoms with van der Waals surface area (Å²) in [5.41, 5.74) is 4.91. The van der Waals surface area contributed by atoms with Crippen LogP contribution in [0.1, 0.15) is 34.6 Å². The van der Waals surface area contributed by atoms with Crippen molar-refractivity contribution < 1.29 is 4.79 Å². The molecule has 1 aliphatic carbocycles. The number of benzene rings is 2. The van der Waals surface area contributed by atoms with Gasteiger partial charge >= 0.3 is 0 Å². The van der Waals surface area contributed by atoms with E-state index in [0.717, 1.165) is 18.4 Å². The standard InChI is InChI=1S/C18H19NO/c1-13-5-4-6-14(11-13)12-19-18(20)17-10-9-15-7-2-3-8-16(15)17/h2-8,11,17H,9-10,12H2,1H3,(H,19,20). The lowest BCUT2D eigenvalue weighted by Gasteiger charge is -2.12. The van der Waals surface area contributed by atoms with Crippen molar-refractivity contribution in [2.24, 2.45) is 0 Å². The summed E-state index contributed by atoms with van der Waals surface area (Å²) in [6, 6.07) is 16.5. The van der Waals surface area contributed by atoms with Gasteiger partial charge in [-0.3, -0.25) is 4.79 Å². The highest BCUT2D eigenvalue weighted by Crippen LogP contribution is 2.32. The quantitative estimate of drug-likeness (QED) is 0.906. The van der Waals surface area contributed by atoms with Crippen molar-refractivity contribution in [3.63, 3.8) is 0 Å². The lowest BCUT2D eigenvalue weighted by Crippen LogP contribution is -2.27.